The van der Waals surface area contributed by atoms with E-state index in [1.165, 1.54) is 22.6 Å². The second-order valence-corrected chi connectivity index (χ2v) is 4.65. The van der Waals surface area contributed by atoms with Crippen molar-refractivity contribution in [1.82, 2.24) is 5.06 Å². The summed E-state index contributed by atoms with van der Waals surface area (Å²) >= 11 is 1.68. The van der Waals surface area contributed by atoms with Crippen molar-refractivity contribution in [2.24, 2.45) is 0 Å². The lowest BCUT2D eigenvalue weighted by Crippen LogP contribution is -2.25. The summed E-state index contributed by atoms with van der Waals surface area (Å²) in [4.78, 5) is 17.4. The molecule has 0 aromatic heterocycles. The Bertz CT molecular complexity index is 337. The van der Waals surface area contributed by atoms with Crippen LogP contribution in [0, 0.1) is 6.92 Å². The van der Waals surface area contributed by atoms with Crippen LogP contribution in [-0.4, -0.2) is 30.9 Å². The third-order valence-corrected chi connectivity index (χ3v) is 3.24. The van der Waals surface area contributed by atoms with Crippen molar-refractivity contribution in [1.29, 1.82) is 0 Å². The predicted molar refractivity (Wildman–Crippen MR) is 66.3 cm³/mol. The van der Waals surface area contributed by atoms with E-state index in [1.54, 1.807) is 18.8 Å². The highest BCUT2D eigenvalue weighted by molar-refractivity contribution is 7.99. The second kappa shape index (κ2) is 6.55. The Hall–Kier alpha value is -1.00. The average molecular weight is 239 g/mol. The van der Waals surface area contributed by atoms with Crippen LogP contribution in [0.25, 0.3) is 0 Å². The second-order valence-electron chi connectivity index (χ2n) is 3.49. The fourth-order valence-corrected chi connectivity index (χ4v) is 1.99. The smallest absolute Gasteiger partial charge is 0.246 e. The summed E-state index contributed by atoms with van der Waals surface area (Å²) in [6.45, 7) is 2.06. The van der Waals surface area contributed by atoms with Gasteiger partial charge in [-0.2, -0.15) is 0 Å². The van der Waals surface area contributed by atoms with Gasteiger partial charge in [-0.05, 0) is 19.1 Å². The van der Waals surface area contributed by atoms with Crippen molar-refractivity contribution in [3.8, 4) is 0 Å². The number of aryl methyl sites for hydroxylation is 1. The lowest BCUT2D eigenvalue weighted by Gasteiger charge is -2.12. The van der Waals surface area contributed by atoms with Crippen LogP contribution in [0.15, 0.2) is 29.2 Å². The monoisotopic (exact) mass is 239 g/mol. The van der Waals surface area contributed by atoms with Crippen LogP contribution in [0.3, 0.4) is 0 Å². The van der Waals surface area contributed by atoms with Crippen LogP contribution < -0.4 is 0 Å². The van der Waals surface area contributed by atoms with Gasteiger partial charge in [-0.15, -0.1) is 11.8 Å². The highest BCUT2D eigenvalue weighted by Gasteiger charge is 2.07. The van der Waals surface area contributed by atoms with Gasteiger partial charge in [0.05, 0.1) is 7.11 Å². The van der Waals surface area contributed by atoms with Gasteiger partial charge in [0.1, 0.15) is 0 Å². The summed E-state index contributed by atoms with van der Waals surface area (Å²) in [5, 5.41) is 1.26. The maximum atomic E-state index is 11.4. The molecule has 0 aliphatic heterocycles. The van der Waals surface area contributed by atoms with E-state index < -0.39 is 0 Å². The number of thioether (sulfide) groups is 1. The molecule has 0 saturated carbocycles. The molecular weight excluding hydrogens is 222 g/mol. The van der Waals surface area contributed by atoms with Gasteiger partial charge in [0.15, 0.2) is 0 Å². The third-order valence-electron chi connectivity index (χ3n) is 2.23. The quantitative estimate of drug-likeness (QED) is 0.584. The molecule has 0 bridgehead atoms. The van der Waals surface area contributed by atoms with Crippen LogP contribution >= 0.6 is 11.8 Å². The van der Waals surface area contributed by atoms with Gasteiger partial charge in [-0.3, -0.25) is 9.63 Å². The minimum absolute atomic E-state index is 0.00196. The molecule has 88 valence electrons. The fourth-order valence-electron chi connectivity index (χ4n) is 1.15. The number of carbonyl (C=O) groups excluding carboxylic acids is 1. The van der Waals surface area contributed by atoms with Crippen molar-refractivity contribution in [3.05, 3.63) is 29.8 Å². The van der Waals surface area contributed by atoms with Gasteiger partial charge in [0.25, 0.3) is 0 Å². The number of hydrogen-bond donors (Lipinski definition) is 0. The van der Waals surface area contributed by atoms with E-state index in [0.29, 0.717) is 6.42 Å². The Morgan fingerprint density at radius 1 is 1.38 bits per heavy atom. The van der Waals surface area contributed by atoms with E-state index in [1.807, 2.05) is 0 Å². The van der Waals surface area contributed by atoms with Crippen molar-refractivity contribution < 1.29 is 9.63 Å². The molecule has 3 nitrogen and oxygen atoms in total. The molecule has 0 aliphatic rings. The predicted octanol–water partition coefficient (Wildman–Crippen LogP) is 2.50. The molecular formula is C12H17NO2S. The molecule has 0 heterocycles. The van der Waals surface area contributed by atoms with E-state index in [-0.39, 0.29) is 5.91 Å². The van der Waals surface area contributed by atoms with E-state index in [0.717, 1.165) is 5.75 Å². The molecule has 0 aliphatic carbocycles. The van der Waals surface area contributed by atoms with Crippen molar-refractivity contribution in [2.45, 2.75) is 18.2 Å². The first kappa shape index (κ1) is 13.1. The third kappa shape index (κ3) is 4.24. The van der Waals surface area contributed by atoms with Gasteiger partial charge >= 0.3 is 0 Å². The van der Waals surface area contributed by atoms with Gasteiger partial charge < -0.3 is 0 Å². The van der Waals surface area contributed by atoms with Crippen LogP contribution in [0.1, 0.15) is 12.0 Å². The maximum Gasteiger partial charge on any atom is 0.246 e. The lowest BCUT2D eigenvalue weighted by atomic mass is 10.2. The van der Waals surface area contributed by atoms with Gasteiger partial charge in [0, 0.05) is 24.1 Å². The number of amides is 1. The Balaban J connectivity index is 2.30. The van der Waals surface area contributed by atoms with Crippen molar-refractivity contribution >= 4 is 17.7 Å². The number of hydrogen-bond acceptors (Lipinski definition) is 3. The van der Waals surface area contributed by atoms with Crippen LogP contribution in [-0.2, 0) is 9.63 Å². The van der Waals surface area contributed by atoms with E-state index in [2.05, 4.69) is 31.2 Å². The van der Waals surface area contributed by atoms with Crippen LogP contribution in [0.2, 0.25) is 0 Å². The van der Waals surface area contributed by atoms with Gasteiger partial charge in [-0.25, -0.2) is 5.06 Å². The molecule has 0 N–H and O–H groups in total. The number of carbonyl (C=O) groups is 1. The molecule has 1 aromatic carbocycles. The summed E-state index contributed by atoms with van der Waals surface area (Å²) in [5.74, 6) is 0.775. The zero-order valence-corrected chi connectivity index (χ0v) is 10.7. The minimum Gasteiger partial charge on any atom is -0.275 e. The van der Waals surface area contributed by atoms with Gasteiger partial charge in [-0.1, -0.05) is 17.7 Å². The fraction of sp³-hybridized carbons (Fsp3) is 0.417. The van der Waals surface area contributed by atoms with Crippen molar-refractivity contribution in [3.63, 3.8) is 0 Å². The number of hydroxylamine groups is 2. The van der Waals surface area contributed by atoms with E-state index in [4.69, 9.17) is 4.84 Å². The van der Waals surface area contributed by atoms with Gasteiger partial charge in [0.2, 0.25) is 5.91 Å². The van der Waals surface area contributed by atoms with E-state index in [9.17, 15) is 4.79 Å². The summed E-state index contributed by atoms with van der Waals surface area (Å²) < 4.78 is 0. The summed E-state index contributed by atoms with van der Waals surface area (Å²) in [5.41, 5.74) is 1.25. The standard InChI is InChI=1S/C12H17NO2S/c1-10-4-6-11(7-5-10)16-9-8-12(14)13(2)15-3/h4-7H,8-9H2,1-3H3. The molecule has 1 amide bonds. The Morgan fingerprint density at radius 3 is 2.56 bits per heavy atom. The summed E-state index contributed by atoms with van der Waals surface area (Å²) in [6.07, 6.45) is 0.489. The highest BCUT2D eigenvalue weighted by atomic mass is 32.2. The summed E-state index contributed by atoms with van der Waals surface area (Å²) in [6, 6.07) is 8.30. The maximum absolute atomic E-state index is 11.4. The number of nitrogens with zero attached hydrogens (tertiary/aromatic N) is 1. The molecule has 0 spiro atoms. The highest BCUT2D eigenvalue weighted by Crippen LogP contribution is 2.19. The van der Waals surface area contributed by atoms with Crippen molar-refractivity contribution in [2.75, 3.05) is 19.9 Å². The number of benzene rings is 1. The summed E-state index contributed by atoms with van der Waals surface area (Å²) in [7, 11) is 3.11. The number of rotatable bonds is 5. The first-order valence-electron chi connectivity index (χ1n) is 5.13. The molecule has 1 aromatic rings. The first-order valence-corrected chi connectivity index (χ1v) is 6.12. The Labute approximate surface area is 101 Å². The Kier molecular flexibility index (Phi) is 5.35. The first-order chi connectivity index (χ1) is 7.63. The largest absolute Gasteiger partial charge is 0.275 e. The van der Waals surface area contributed by atoms with E-state index >= 15 is 0 Å². The minimum atomic E-state index is 0.00196. The molecule has 0 fully saturated rings. The molecule has 0 radical (unpaired) electrons. The van der Waals surface area contributed by atoms with Crippen LogP contribution in [0.4, 0.5) is 0 Å². The van der Waals surface area contributed by atoms with Crippen LogP contribution in [0.5, 0.6) is 0 Å². The topological polar surface area (TPSA) is 29.5 Å². The molecule has 16 heavy (non-hydrogen) atoms. The SMILES string of the molecule is CON(C)C(=O)CCSc1ccc(C)cc1. The average Bonchev–Trinajstić information content (AvgIpc) is 2.30. The molecule has 4 heteroatoms. The lowest BCUT2D eigenvalue weighted by molar-refractivity contribution is -0.168. The normalized spacial score (nSPS) is 10.2. The zero-order chi connectivity index (χ0) is 12.0. The molecule has 0 saturated heterocycles. The Morgan fingerprint density at radius 2 is 2.00 bits per heavy atom. The molecule has 1 rings (SSSR count). The zero-order valence-electron chi connectivity index (χ0n) is 9.90. The molecule has 0 atom stereocenters. The molecule has 0 unspecified atom stereocenters.